The van der Waals surface area contributed by atoms with Crippen molar-refractivity contribution in [1.29, 1.82) is 0 Å². The van der Waals surface area contributed by atoms with Crippen molar-refractivity contribution in [2.24, 2.45) is 11.8 Å². The first-order valence-electron chi connectivity index (χ1n) is 6.46. The summed E-state index contributed by atoms with van der Waals surface area (Å²) >= 11 is 0. The third-order valence-corrected chi connectivity index (χ3v) is 5.35. The highest BCUT2D eigenvalue weighted by Crippen LogP contribution is 2.43. The summed E-state index contributed by atoms with van der Waals surface area (Å²) in [6.45, 7) is 3.39. The fourth-order valence-electron chi connectivity index (χ4n) is 3.44. The van der Waals surface area contributed by atoms with Crippen LogP contribution in [0.2, 0.25) is 0 Å². The van der Waals surface area contributed by atoms with E-state index in [-0.39, 0.29) is 0 Å². The summed E-state index contributed by atoms with van der Waals surface area (Å²) in [5.41, 5.74) is -0.509. The molecule has 0 aromatic rings. The standard InChI is InChI=1S/C12H23NO3S/c1-10-6-12(14,7-10)8-11-4-3-5-13(9-11)17(2,15)16/h10-11,14H,3-9H2,1-2H3. The van der Waals surface area contributed by atoms with Crippen LogP contribution in [0.1, 0.15) is 39.0 Å². The van der Waals surface area contributed by atoms with Gasteiger partial charge in [0, 0.05) is 13.1 Å². The maximum Gasteiger partial charge on any atom is 0.211 e. The number of hydrogen-bond acceptors (Lipinski definition) is 3. The molecule has 0 radical (unpaired) electrons. The average Bonchev–Trinajstić information content (AvgIpc) is 2.14. The Labute approximate surface area is 104 Å². The van der Waals surface area contributed by atoms with Crippen LogP contribution < -0.4 is 0 Å². The molecule has 1 unspecified atom stereocenters. The SMILES string of the molecule is CC1CC(O)(CC2CCCN(S(C)(=O)=O)C2)C1. The zero-order chi connectivity index (χ0) is 12.7. The van der Waals surface area contributed by atoms with Crippen LogP contribution in [0.3, 0.4) is 0 Å². The van der Waals surface area contributed by atoms with Crippen LogP contribution in [0, 0.1) is 11.8 Å². The summed E-state index contributed by atoms with van der Waals surface area (Å²) in [6.07, 6.45) is 5.76. The summed E-state index contributed by atoms with van der Waals surface area (Å²) in [5.74, 6) is 0.950. The number of aliphatic hydroxyl groups is 1. The van der Waals surface area contributed by atoms with E-state index in [4.69, 9.17) is 0 Å². The lowest BCUT2D eigenvalue weighted by Gasteiger charge is -2.45. The second kappa shape index (κ2) is 4.52. The highest BCUT2D eigenvalue weighted by molar-refractivity contribution is 7.88. The van der Waals surface area contributed by atoms with Gasteiger partial charge in [-0.1, -0.05) is 6.92 Å². The van der Waals surface area contributed by atoms with E-state index < -0.39 is 15.6 Å². The van der Waals surface area contributed by atoms with Gasteiger partial charge in [0.25, 0.3) is 0 Å². The van der Waals surface area contributed by atoms with Crippen molar-refractivity contribution in [2.75, 3.05) is 19.3 Å². The molecule has 1 saturated carbocycles. The Morgan fingerprint density at radius 2 is 2.06 bits per heavy atom. The van der Waals surface area contributed by atoms with Crippen molar-refractivity contribution in [3.05, 3.63) is 0 Å². The van der Waals surface area contributed by atoms with E-state index in [1.54, 1.807) is 4.31 Å². The highest BCUT2D eigenvalue weighted by Gasteiger charge is 2.42. The lowest BCUT2D eigenvalue weighted by molar-refractivity contribution is -0.0875. The molecule has 4 nitrogen and oxygen atoms in total. The van der Waals surface area contributed by atoms with Gasteiger partial charge in [-0.25, -0.2) is 12.7 Å². The second-order valence-corrected chi connectivity index (χ2v) is 8.05. The molecule has 2 rings (SSSR count). The van der Waals surface area contributed by atoms with Crippen LogP contribution in [-0.2, 0) is 10.0 Å². The molecule has 1 aliphatic heterocycles. The molecule has 0 aromatic carbocycles. The maximum atomic E-state index is 11.5. The van der Waals surface area contributed by atoms with Gasteiger partial charge in [-0.15, -0.1) is 0 Å². The Bertz CT molecular complexity index is 373. The normalized spacial score (nSPS) is 39.9. The van der Waals surface area contributed by atoms with Crippen molar-refractivity contribution in [2.45, 2.75) is 44.6 Å². The van der Waals surface area contributed by atoms with E-state index in [1.165, 1.54) is 6.26 Å². The molecular weight excluding hydrogens is 238 g/mol. The van der Waals surface area contributed by atoms with Crippen LogP contribution in [-0.4, -0.2) is 42.8 Å². The fraction of sp³-hybridized carbons (Fsp3) is 1.00. The van der Waals surface area contributed by atoms with E-state index in [1.807, 2.05) is 0 Å². The lowest BCUT2D eigenvalue weighted by Crippen LogP contribution is -2.47. The van der Waals surface area contributed by atoms with Crippen molar-refractivity contribution < 1.29 is 13.5 Å². The minimum absolute atomic E-state index is 0.330. The summed E-state index contributed by atoms with van der Waals surface area (Å²) in [7, 11) is -3.06. The molecule has 1 aliphatic carbocycles. The number of nitrogens with zero attached hydrogens (tertiary/aromatic N) is 1. The molecule has 0 spiro atoms. The smallest absolute Gasteiger partial charge is 0.211 e. The van der Waals surface area contributed by atoms with E-state index in [9.17, 15) is 13.5 Å². The van der Waals surface area contributed by atoms with E-state index in [0.29, 0.717) is 24.9 Å². The molecule has 5 heteroatoms. The Balaban J connectivity index is 1.90. The van der Waals surface area contributed by atoms with E-state index >= 15 is 0 Å². The zero-order valence-electron chi connectivity index (χ0n) is 10.7. The van der Waals surface area contributed by atoms with Gasteiger partial charge in [0.05, 0.1) is 11.9 Å². The van der Waals surface area contributed by atoms with Crippen LogP contribution >= 0.6 is 0 Å². The van der Waals surface area contributed by atoms with Crippen LogP contribution in [0.4, 0.5) is 0 Å². The molecule has 2 aliphatic rings. The van der Waals surface area contributed by atoms with Crippen molar-refractivity contribution in [3.63, 3.8) is 0 Å². The number of rotatable bonds is 3. The predicted octanol–water partition coefficient (Wildman–Crippen LogP) is 1.21. The first-order valence-corrected chi connectivity index (χ1v) is 8.31. The number of piperidine rings is 1. The molecule has 1 saturated heterocycles. The second-order valence-electron chi connectivity index (χ2n) is 6.07. The molecular formula is C12H23NO3S. The molecule has 1 atom stereocenters. The van der Waals surface area contributed by atoms with Crippen molar-refractivity contribution >= 4 is 10.0 Å². The van der Waals surface area contributed by atoms with Gasteiger partial charge in [-0.05, 0) is 43.9 Å². The topological polar surface area (TPSA) is 57.6 Å². The molecule has 0 bridgehead atoms. The monoisotopic (exact) mass is 261 g/mol. The molecule has 100 valence electrons. The first kappa shape index (κ1) is 13.3. The minimum atomic E-state index is -3.06. The molecule has 1 heterocycles. The summed E-state index contributed by atoms with van der Waals surface area (Å²) < 4.78 is 24.6. The quantitative estimate of drug-likeness (QED) is 0.831. The molecule has 0 aromatic heterocycles. The Hall–Kier alpha value is -0.130. The number of sulfonamides is 1. The molecule has 17 heavy (non-hydrogen) atoms. The highest BCUT2D eigenvalue weighted by atomic mass is 32.2. The van der Waals surface area contributed by atoms with Gasteiger partial charge in [-0.2, -0.15) is 0 Å². The summed E-state index contributed by atoms with van der Waals surface area (Å²) in [5, 5.41) is 10.3. The van der Waals surface area contributed by atoms with Gasteiger partial charge in [0.1, 0.15) is 0 Å². The zero-order valence-corrected chi connectivity index (χ0v) is 11.5. The van der Waals surface area contributed by atoms with E-state index in [2.05, 4.69) is 6.92 Å². The molecule has 0 amide bonds. The van der Waals surface area contributed by atoms with Gasteiger partial charge in [0.2, 0.25) is 10.0 Å². The van der Waals surface area contributed by atoms with Gasteiger partial charge in [0.15, 0.2) is 0 Å². The lowest BCUT2D eigenvalue weighted by atomic mass is 9.67. The van der Waals surface area contributed by atoms with Crippen LogP contribution in [0.15, 0.2) is 0 Å². The fourth-order valence-corrected chi connectivity index (χ4v) is 4.38. The maximum absolute atomic E-state index is 11.5. The van der Waals surface area contributed by atoms with Gasteiger partial charge >= 0.3 is 0 Å². The first-order chi connectivity index (χ1) is 7.78. The average molecular weight is 261 g/mol. The van der Waals surface area contributed by atoms with Crippen LogP contribution in [0.25, 0.3) is 0 Å². The summed E-state index contributed by atoms with van der Waals surface area (Å²) in [4.78, 5) is 0. The number of hydrogen-bond donors (Lipinski definition) is 1. The Morgan fingerprint density at radius 3 is 2.59 bits per heavy atom. The van der Waals surface area contributed by atoms with Crippen molar-refractivity contribution in [1.82, 2.24) is 4.31 Å². The van der Waals surface area contributed by atoms with Crippen LogP contribution in [0.5, 0.6) is 0 Å². The third kappa shape index (κ3) is 3.20. The Morgan fingerprint density at radius 1 is 1.41 bits per heavy atom. The Kier molecular flexibility index (Phi) is 3.54. The van der Waals surface area contributed by atoms with Gasteiger partial charge in [-0.3, -0.25) is 0 Å². The third-order valence-electron chi connectivity index (χ3n) is 4.08. The largest absolute Gasteiger partial charge is 0.390 e. The predicted molar refractivity (Wildman–Crippen MR) is 67.1 cm³/mol. The molecule has 2 fully saturated rings. The van der Waals surface area contributed by atoms with Gasteiger partial charge < -0.3 is 5.11 Å². The minimum Gasteiger partial charge on any atom is -0.390 e. The van der Waals surface area contributed by atoms with Crippen molar-refractivity contribution in [3.8, 4) is 0 Å². The van der Waals surface area contributed by atoms with E-state index in [0.717, 1.165) is 32.1 Å². The molecule has 1 N–H and O–H groups in total. The summed E-state index contributed by atoms with van der Waals surface area (Å²) in [6, 6.07) is 0.